The quantitative estimate of drug-likeness (QED) is 0.837. The maximum absolute atomic E-state index is 12.4. The summed E-state index contributed by atoms with van der Waals surface area (Å²) < 4.78 is 0. The van der Waals surface area contributed by atoms with Crippen LogP contribution in [0.1, 0.15) is 42.1 Å². The highest BCUT2D eigenvalue weighted by Crippen LogP contribution is 2.21. The van der Waals surface area contributed by atoms with Crippen molar-refractivity contribution < 1.29 is 9.59 Å². The molecule has 0 atom stereocenters. The molecule has 0 unspecified atom stereocenters. The molecule has 0 saturated carbocycles. The fourth-order valence-corrected chi connectivity index (χ4v) is 2.68. The van der Waals surface area contributed by atoms with Crippen molar-refractivity contribution in [2.45, 2.75) is 33.1 Å². The molecule has 0 aromatic heterocycles. The molecule has 1 aliphatic rings. The predicted octanol–water partition coefficient (Wildman–Crippen LogP) is 2.83. The summed E-state index contributed by atoms with van der Waals surface area (Å²) in [7, 11) is 0. The maximum atomic E-state index is 12.4. The summed E-state index contributed by atoms with van der Waals surface area (Å²) in [5.41, 5.74) is 1.79. The first-order valence-electron chi connectivity index (χ1n) is 7.01. The average molecular weight is 259 g/mol. The summed E-state index contributed by atoms with van der Waals surface area (Å²) in [6, 6.07) is 7.67. The number of nitrogens with zero attached hydrogens (tertiary/aromatic N) is 1. The van der Waals surface area contributed by atoms with Crippen LogP contribution < -0.4 is 0 Å². The van der Waals surface area contributed by atoms with Gasteiger partial charge in [0.15, 0.2) is 0 Å². The standard InChI is InChI=1S/C16H21NO2/c1-3-15(18)13-8-10-17(11-9-13)16(19)14-7-5-4-6-12(14)2/h4-7,13H,3,8-11H2,1-2H3. The molecule has 3 nitrogen and oxygen atoms in total. The van der Waals surface area contributed by atoms with Crippen molar-refractivity contribution in [2.24, 2.45) is 5.92 Å². The third-order valence-electron chi connectivity index (χ3n) is 3.96. The molecule has 0 bridgehead atoms. The van der Waals surface area contributed by atoms with Crippen molar-refractivity contribution in [3.05, 3.63) is 35.4 Å². The number of carbonyl (C=O) groups excluding carboxylic acids is 2. The molecule has 0 N–H and O–H groups in total. The number of Topliss-reactive ketones (excluding diaryl/α,β-unsaturated/α-hetero) is 1. The van der Waals surface area contributed by atoms with E-state index in [9.17, 15) is 9.59 Å². The largest absolute Gasteiger partial charge is 0.339 e. The van der Waals surface area contributed by atoms with Crippen LogP contribution in [0.15, 0.2) is 24.3 Å². The van der Waals surface area contributed by atoms with Crippen LogP contribution in [0.25, 0.3) is 0 Å². The minimum Gasteiger partial charge on any atom is -0.339 e. The average Bonchev–Trinajstić information content (AvgIpc) is 2.46. The Hall–Kier alpha value is -1.64. The molecule has 0 spiro atoms. The minimum absolute atomic E-state index is 0.0977. The van der Waals surface area contributed by atoms with Crippen LogP contribution in [0.3, 0.4) is 0 Å². The molecule has 19 heavy (non-hydrogen) atoms. The Morgan fingerprint density at radius 1 is 1.21 bits per heavy atom. The Morgan fingerprint density at radius 3 is 2.42 bits per heavy atom. The number of benzene rings is 1. The molecule has 0 radical (unpaired) electrons. The maximum Gasteiger partial charge on any atom is 0.254 e. The van der Waals surface area contributed by atoms with E-state index in [0.29, 0.717) is 25.3 Å². The zero-order valence-electron chi connectivity index (χ0n) is 11.7. The van der Waals surface area contributed by atoms with E-state index < -0.39 is 0 Å². The SMILES string of the molecule is CCC(=O)C1CCN(C(=O)c2ccccc2C)CC1. The molecule has 1 aromatic carbocycles. The zero-order valence-corrected chi connectivity index (χ0v) is 11.7. The van der Waals surface area contributed by atoms with Crippen LogP contribution in [0, 0.1) is 12.8 Å². The molecular weight excluding hydrogens is 238 g/mol. The van der Waals surface area contributed by atoms with Crippen molar-refractivity contribution in [3.8, 4) is 0 Å². The predicted molar refractivity (Wildman–Crippen MR) is 75.1 cm³/mol. The van der Waals surface area contributed by atoms with Crippen LogP contribution in [-0.4, -0.2) is 29.7 Å². The Bertz CT molecular complexity index is 473. The van der Waals surface area contributed by atoms with Gasteiger partial charge < -0.3 is 4.90 Å². The Balaban J connectivity index is 2.00. The molecule has 1 saturated heterocycles. The van der Waals surface area contributed by atoms with Crippen molar-refractivity contribution in [2.75, 3.05) is 13.1 Å². The smallest absolute Gasteiger partial charge is 0.254 e. The number of piperidine rings is 1. The molecule has 1 heterocycles. The fourth-order valence-electron chi connectivity index (χ4n) is 2.68. The third kappa shape index (κ3) is 3.03. The van der Waals surface area contributed by atoms with Gasteiger partial charge in [0.1, 0.15) is 5.78 Å². The van der Waals surface area contributed by atoms with E-state index in [-0.39, 0.29) is 11.8 Å². The van der Waals surface area contributed by atoms with Crippen LogP contribution in [0.4, 0.5) is 0 Å². The van der Waals surface area contributed by atoms with Gasteiger partial charge in [-0.25, -0.2) is 0 Å². The molecule has 1 amide bonds. The van der Waals surface area contributed by atoms with E-state index in [4.69, 9.17) is 0 Å². The molecule has 1 aromatic rings. The highest BCUT2D eigenvalue weighted by Gasteiger charge is 2.27. The number of carbonyl (C=O) groups is 2. The first-order valence-corrected chi connectivity index (χ1v) is 7.01. The molecule has 0 aliphatic carbocycles. The van der Waals surface area contributed by atoms with Crippen molar-refractivity contribution in [1.82, 2.24) is 4.90 Å². The fraction of sp³-hybridized carbons (Fsp3) is 0.500. The first-order chi connectivity index (χ1) is 9.13. The lowest BCUT2D eigenvalue weighted by molar-refractivity contribution is -0.123. The summed E-state index contributed by atoms with van der Waals surface area (Å²) in [5.74, 6) is 0.592. The number of likely N-dealkylation sites (tertiary alicyclic amines) is 1. The zero-order chi connectivity index (χ0) is 13.8. The van der Waals surface area contributed by atoms with E-state index >= 15 is 0 Å². The van der Waals surface area contributed by atoms with E-state index in [1.165, 1.54) is 0 Å². The van der Waals surface area contributed by atoms with Gasteiger partial charge in [0.05, 0.1) is 0 Å². The van der Waals surface area contributed by atoms with Crippen LogP contribution in [0.5, 0.6) is 0 Å². The molecule has 1 fully saturated rings. The molecule has 3 heteroatoms. The Labute approximate surface area is 114 Å². The van der Waals surface area contributed by atoms with Gasteiger partial charge in [0.2, 0.25) is 0 Å². The van der Waals surface area contributed by atoms with Gasteiger partial charge in [-0.3, -0.25) is 9.59 Å². The second kappa shape index (κ2) is 6.00. The number of rotatable bonds is 3. The van der Waals surface area contributed by atoms with Crippen LogP contribution >= 0.6 is 0 Å². The Kier molecular flexibility index (Phi) is 4.35. The third-order valence-corrected chi connectivity index (χ3v) is 3.96. The highest BCUT2D eigenvalue weighted by atomic mass is 16.2. The van der Waals surface area contributed by atoms with Crippen molar-refractivity contribution >= 4 is 11.7 Å². The second-order valence-electron chi connectivity index (χ2n) is 5.20. The number of ketones is 1. The molecule has 102 valence electrons. The van der Waals surface area contributed by atoms with Gasteiger partial charge in [0.25, 0.3) is 5.91 Å². The molecule has 2 rings (SSSR count). The second-order valence-corrected chi connectivity index (χ2v) is 5.20. The summed E-state index contributed by atoms with van der Waals surface area (Å²) in [5, 5.41) is 0. The van der Waals surface area contributed by atoms with Gasteiger partial charge in [-0.1, -0.05) is 25.1 Å². The summed E-state index contributed by atoms with van der Waals surface area (Å²) in [6.45, 7) is 5.26. The molecular formula is C16H21NO2. The molecule has 1 aliphatic heterocycles. The van der Waals surface area contributed by atoms with Crippen LogP contribution in [0.2, 0.25) is 0 Å². The lowest BCUT2D eigenvalue weighted by atomic mass is 9.91. The van der Waals surface area contributed by atoms with E-state index in [0.717, 1.165) is 24.0 Å². The van der Waals surface area contributed by atoms with E-state index in [1.54, 1.807) is 0 Å². The summed E-state index contributed by atoms with van der Waals surface area (Å²) >= 11 is 0. The topological polar surface area (TPSA) is 37.4 Å². The number of aryl methyl sites for hydroxylation is 1. The number of hydrogen-bond donors (Lipinski definition) is 0. The summed E-state index contributed by atoms with van der Waals surface area (Å²) in [6.07, 6.45) is 2.23. The summed E-state index contributed by atoms with van der Waals surface area (Å²) in [4.78, 5) is 25.9. The number of hydrogen-bond acceptors (Lipinski definition) is 2. The van der Waals surface area contributed by atoms with Gasteiger partial charge in [-0.05, 0) is 31.4 Å². The Morgan fingerprint density at radius 2 is 1.84 bits per heavy atom. The van der Waals surface area contributed by atoms with Crippen molar-refractivity contribution in [1.29, 1.82) is 0 Å². The highest BCUT2D eigenvalue weighted by molar-refractivity contribution is 5.95. The van der Waals surface area contributed by atoms with Crippen LogP contribution in [-0.2, 0) is 4.79 Å². The normalized spacial score (nSPS) is 16.4. The van der Waals surface area contributed by atoms with E-state index in [1.807, 2.05) is 43.0 Å². The minimum atomic E-state index is 0.0977. The number of amides is 1. The first kappa shape index (κ1) is 13.8. The lowest BCUT2D eigenvalue weighted by Crippen LogP contribution is -2.40. The van der Waals surface area contributed by atoms with Crippen molar-refractivity contribution in [3.63, 3.8) is 0 Å². The van der Waals surface area contributed by atoms with Gasteiger partial charge >= 0.3 is 0 Å². The van der Waals surface area contributed by atoms with Gasteiger partial charge in [-0.2, -0.15) is 0 Å². The van der Waals surface area contributed by atoms with Gasteiger partial charge in [0, 0.05) is 31.0 Å². The van der Waals surface area contributed by atoms with Gasteiger partial charge in [-0.15, -0.1) is 0 Å². The monoisotopic (exact) mass is 259 g/mol. The lowest BCUT2D eigenvalue weighted by Gasteiger charge is -2.31. The van der Waals surface area contributed by atoms with E-state index in [2.05, 4.69) is 0 Å².